The fraction of sp³-hybridized carbons (Fsp3) is 0.242. The van der Waals surface area contributed by atoms with Crippen LogP contribution in [0.5, 0.6) is 11.5 Å². The lowest BCUT2D eigenvalue weighted by Gasteiger charge is -2.38. The van der Waals surface area contributed by atoms with Gasteiger partial charge in [0.15, 0.2) is 0 Å². The Hall–Kier alpha value is -4.39. The molecular formula is C33H29Cl2FN4O6S. The summed E-state index contributed by atoms with van der Waals surface area (Å²) in [6, 6.07) is 15.8. The maximum Gasteiger partial charge on any atom is 0.274 e. The monoisotopic (exact) mass is 698 g/mol. The summed E-state index contributed by atoms with van der Waals surface area (Å²) in [4.78, 5) is 36.4. The number of carbonyl (C=O) groups is 2. The number of hydrogen-bond donors (Lipinski definition) is 0. The van der Waals surface area contributed by atoms with Gasteiger partial charge in [0.1, 0.15) is 27.6 Å². The van der Waals surface area contributed by atoms with Crippen molar-refractivity contribution in [3.63, 3.8) is 0 Å². The summed E-state index contributed by atoms with van der Waals surface area (Å²) in [5.74, 6) is -2.09. The van der Waals surface area contributed by atoms with Crippen LogP contribution < -0.4 is 18.7 Å². The number of sulfonamides is 1. The molecular weight excluding hydrogens is 670 g/mol. The summed E-state index contributed by atoms with van der Waals surface area (Å²) in [7, 11) is -2.06. The number of hydrogen-bond acceptors (Lipinski definition) is 8. The number of carbonyl (C=O) groups excluding carboxylic acids is 2. The standard InChI is InChI=1S/C33H29Cl2FN4O6S/c1-45-22-7-8-30(29(17-22)46-2)47(43,44)40-28-19-26(35)25(34)18-24(28)33(32(40)42,23-5-3-4-6-27(23)36)20-31(41)39-15-13-38(14-16-39)21-9-11-37-12-10-21/h3-12,17-19H,13-16,20H2,1-2H3. The van der Waals surface area contributed by atoms with E-state index >= 15 is 4.39 Å². The molecule has 1 fully saturated rings. The van der Waals surface area contributed by atoms with E-state index in [1.807, 2.05) is 12.1 Å². The van der Waals surface area contributed by atoms with E-state index in [4.69, 9.17) is 32.7 Å². The minimum atomic E-state index is -4.75. The molecule has 2 amide bonds. The van der Waals surface area contributed by atoms with Gasteiger partial charge < -0.3 is 19.3 Å². The van der Waals surface area contributed by atoms with Crippen LogP contribution in [-0.4, -0.2) is 70.5 Å². The minimum absolute atomic E-state index is 0.00128. The second-order valence-electron chi connectivity index (χ2n) is 11.0. The number of amides is 2. The first-order valence-corrected chi connectivity index (χ1v) is 16.7. The Labute approximate surface area is 281 Å². The number of aromatic nitrogens is 1. The molecule has 1 aromatic heterocycles. The molecule has 0 bridgehead atoms. The van der Waals surface area contributed by atoms with Gasteiger partial charge in [-0.05, 0) is 48.0 Å². The van der Waals surface area contributed by atoms with Crippen LogP contribution in [0.2, 0.25) is 10.0 Å². The number of halogens is 3. The number of fused-ring (bicyclic) bond motifs is 1. The summed E-state index contributed by atoms with van der Waals surface area (Å²) in [5, 5.41) is -0.0402. The maximum absolute atomic E-state index is 15.9. The second-order valence-corrected chi connectivity index (χ2v) is 13.6. The zero-order chi connectivity index (χ0) is 33.5. The van der Waals surface area contributed by atoms with Crippen LogP contribution in [0.25, 0.3) is 0 Å². The van der Waals surface area contributed by atoms with Crippen molar-refractivity contribution in [2.45, 2.75) is 16.7 Å². The van der Waals surface area contributed by atoms with E-state index in [0.29, 0.717) is 36.2 Å². The van der Waals surface area contributed by atoms with E-state index in [9.17, 15) is 18.0 Å². The smallest absolute Gasteiger partial charge is 0.274 e. The van der Waals surface area contributed by atoms with Crippen molar-refractivity contribution < 1.29 is 31.9 Å². The number of nitrogens with zero attached hydrogens (tertiary/aromatic N) is 4. The van der Waals surface area contributed by atoms with Crippen molar-refractivity contribution in [3.05, 3.63) is 106 Å². The highest BCUT2D eigenvalue weighted by Gasteiger charge is 2.58. The Balaban J connectivity index is 1.47. The third-order valence-corrected chi connectivity index (χ3v) is 11.0. The molecule has 14 heteroatoms. The number of benzene rings is 3. The molecule has 10 nitrogen and oxygen atoms in total. The van der Waals surface area contributed by atoms with Gasteiger partial charge in [-0.3, -0.25) is 14.6 Å². The average Bonchev–Trinajstić information content (AvgIpc) is 3.32. The average molecular weight is 700 g/mol. The highest BCUT2D eigenvalue weighted by Crippen LogP contribution is 2.53. The topological polar surface area (TPSA) is 109 Å². The van der Waals surface area contributed by atoms with Gasteiger partial charge in [0, 0.05) is 62.3 Å². The second kappa shape index (κ2) is 12.7. The number of piperazine rings is 1. The Bertz CT molecular complexity index is 1980. The summed E-state index contributed by atoms with van der Waals surface area (Å²) < 4.78 is 55.9. The largest absolute Gasteiger partial charge is 0.497 e. The molecule has 1 saturated heterocycles. The zero-order valence-electron chi connectivity index (χ0n) is 25.3. The third kappa shape index (κ3) is 5.53. The van der Waals surface area contributed by atoms with Crippen molar-refractivity contribution in [1.29, 1.82) is 0 Å². The molecule has 47 heavy (non-hydrogen) atoms. The summed E-state index contributed by atoms with van der Waals surface area (Å²) in [6.07, 6.45) is 2.80. The molecule has 244 valence electrons. The van der Waals surface area contributed by atoms with Crippen molar-refractivity contribution in [1.82, 2.24) is 9.88 Å². The molecule has 1 unspecified atom stereocenters. The summed E-state index contributed by atoms with van der Waals surface area (Å²) >= 11 is 12.9. The van der Waals surface area contributed by atoms with Crippen molar-refractivity contribution in [2.24, 2.45) is 0 Å². The molecule has 6 rings (SSSR count). The Morgan fingerprint density at radius 3 is 2.26 bits per heavy atom. The van der Waals surface area contributed by atoms with Gasteiger partial charge in [0.05, 0.1) is 30.0 Å². The normalized spacial score (nSPS) is 17.9. The van der Waals surface area contributed by atoms with Crippen LogP contribution in [0.1, 0.15) is 17.5 Å². The van der Waals surface area contributed by atoms with Crippen LogP contribution in [0, 0.1) is 5.82 Å². The maximum atomic E-state index is 15.9. The van der Waals surface area contributed by atoms with Gasteiger partial charge in [-0.15, -0.1) is 0 Å². The highest BCUT2D eigenvalue weighted by molar-refractivity contribution is 7.93. The fourth-order valence-corrected chi connectivity index (χ4v) is 8.15. The Morgan fingerprint density at radius 2 is 1.60 bits per heavy atom. The number of methoxy groups -OCH3 is 2. The molecule has 0 aliphatic carbocycles. The van der Waals surface area contributed by atoms with Crippen LogP contribution in [-0.2, 0) is 25.0 Å². The number of pyridine rings is 1. The first-order chi connectivity index (χ1) is 22.5. The molecule has 2 aliphatic heterocycles. The first kappa shape index (κ1) is 32.5. The minimum Gasteiger partial charge on any atom is -0.497 e. The highest BCUT2D eigenvalue weighted by atomic mass is 35.5. The molecule has 4 aromatic rings. The SMILES string of the molecule is COc1ccc(S(=O)(=O)N2C(=O)C(CC(=O)N3CCN(c4ccncc4)CC3)(c3ccccc3F)c3cc(Cl)c(Cl)cc32)c(OC)c1. The van der Waals surface area contributed by atoms with Gasteiger partial charge in [-0.1, -0.05) is 41.4 Å². The van der Waals surface area contributed by atoms with Crippen LogP contribution >= 0.6 is 23.2 Å². The van der Waals surface area contributed by atoms with E-state index in [1.165, 1.54) is 62.8 Å². The predicted molar refractivity (Wildman–Crippen MR) is 176 cm³/mol. The molecule has 1 atom stereocenters. The van der Waals surface area contributed by atoms with E-state index in [2.05, 4.69) is 9.88 Å². The Kier molecular flexibility index (Phi) is 8.77. The van der Waals surface area contributed by atoms with Crippen molar-refractivity contribution >= 4 is 56.4 Å². The quantitative estimate of drug-likeness (QED) is 0.244. The van der Waals surface area contributed by atoms with Gasteiger partial charge in [0.25, 0.3) is 15.9 Å². The molecule has 0 spiro atoms. The van der Waals surface area contributed by atoms with E-state index < -0.39 is 39.5 Å². The lowest BCUT2D eigenvalue weighted by molar-refractivity contribution is -0.135. The lowest BCUT2D eigenvalue weighted by atomic mass is 9.72. The van der Waals surface area contributed by atoms with Gasteiger partial charge in [0.2, 0.25) is 5.91 Å². The van der Waals surface area contributed by atoms with Gasteiger partial charge in [-0.2, -0.15) is 0 Å². The van der Waals surface area contributed by atoms with Gasteiger partial charge >= 0.3 is 0 Å². The predicted octanol–water partition coefficient (Wildman–Crippen LogP) is 5.31. The van der Waals surface area contributed by atoms with Crippen molar-refractivity contribution in [3.8, 4) is 11.5 Å². The summed E-state index contributed by atoms with van der Waals surface area (Å²) in [5.41, 5.74) is -1.45. The molecule has 0 radical (unpaired) electrons. The third-order valence-electron chi connectivity index (χ3n) is 8.57. The van der Waals surface area contributed by atoms with Crippen molar-refractivity contribution in [2.75, 3.05) is 49.6 Å². The van der Waals surface area contributed by atoms with Gasteiger partial charge in [-0.25, -0.2) is 17.1 Å². The first-order valence-electron chi connectivity index (χ1n) is 14.5. The number of anilines is 2. The van der Waals surface area contributed by atoms with E-state index in [-0.39, 0.29) is 37.5 Å². The van der Waals surface area contributed by atoms with Crippen LogP contribution in [0.15, 0.2) is 84.0 Å². The summed E-state index contributed by atoms with van der Waals surface area (Å²) in [6.45, 7) is 1.66. The van der Waals surface area contributed by atoms with E-state index in [1.54, 1.807) is 17.3 Å². The molecule has 0 N–H and O–H groups in total. The fourth-order valence-electron chi connectivity index (χ4n) is 6.21. The Morgan fingerprint density at radius 1 is 0.915 bits per heavy atom. The van der Waals surface area contributed by atoms with Crippen LogP contribution in [0.4, 0.5) is 15.8 Å². The number of ether oxygens (including phenoxy) is 2. The zero-order valence-corrected chi connectivity index (χ0v) is 27.6. The molecule has 3 aromatic carbocycles. The molecule has 0 saturated carbocycles. The number of rotatable bonds is 8. The van der Waals surface area contributed by atoms with E-state index in [0.717, 1.165) is 11.8 Å². The lowest BCUT2D eigenvalue weighted by Crippen LogP contribution is -2.52. The van der Waals surface area contributed by atoms with Crippen LogP contribution in [0.3, 0.4) is 0 Å². The molecule has 3 heterocycles. The molecule has 2 aliphatic rings.